The quantitative estimate of drug-likeness (QED) is 0.860. The molecule has 3 rings (SSSR count). The van der Waals surface area contributed by atoms with Crippen molar-refractivity contribution in [3.8, 4) is 5.75 Å². The first-order valence-corrected chi connectivity index (χ1v) is 7.84. The number of benzene rings is 1. The molecule has 2 aromatic rings. The number of hydrogen-bond acceptors (Lipinski definition) is 5. The molecule has 1 aliphatic heterocycles. The van der Waals surface area contributed by atoms with Gasteiger partial charge in [-0.3, -0.25) is 0 Å². The molecule has 0 amide bonds. The highest BCUT2D eigenvalue weighted by Gasteiger charge is 2.19. The highest BCUT2D eigenvalue weighted by Crippen LogP contribution is 2.26. The summed E-state index contributed by atoms with van der Waals surface area (Å²) in [5.74, 6) is 1.79. The minimum atomic E-state index is -0.344. The fraction of sp³-hybridized carbons (Fsp3) is 0.333. The number of hydrogen-bond donors (Lipinski definition) is 1. The summed E-state index contributed by atoms with van der Waals surface area (Å²) in [5, 5.41) is 3.30. The number of rotatable bonds is 5. The molecule has 0 spiro atoms. The molecular formula is C18H20N2O3. The third-order valence-corrected chi connectivity index (χ3v) is 3.80. The van der Waals surface area contributed by atoms with Gasteiger partial charge in [-0.15, -0.1) is 0 Å². The van der Waals surface area contributed by atoms with Crippen molar-refractivity contribution >= 4 is 11.8 Å². The molecule has 5 nitrogen and oxygen atoms in total. The Morgan fingerprint density at radius 3 is 3.00 bits per heavy atom. The molecule has 0 saturated heterocycles. The van der Waals surface area contributed by atoms with E-state index in [4.69, 9.17) is 9.47 Å². The van der Waals surface area contributed by atoms with E-state index in [1.54, 1.807) is 19.1 Å². The van der Waals surface area contributed by atoms with Gasteiger partial charge in [0.2, 0.25) is 0 Å². The molecule has 0 bridgehead atoms. The number of anilines is 1. The van der Waals surface area contributed by atoms with Crippen LogP contribution in [-0.2, 0) is 11.2 Å². The number of esters is 1. The van der Waals surface area contributed by atoms with Crippen LogP contribution in [0.4, 0.5) is 5.82 Å². The molecule has 0 radical (unpaired) electrons. The van der Waals surface area contributed by atoms with E-state index >= 15 is 0 Å². The van der Waals surface area contributed by atoms with Gasteiger partial charge in [0.25, 0.3) is 0 Å². The van der Waals surface area contributed by atoms with Gasteiger partial charge in [0, 0.05) is 18.7 Å². The number of carbonyl (C=O) groups excluding carboxylic acids is 1. The van der Waals surface area contributed by atoms with E-state index in [1.165, 1.54) is 11.8 Å². The molecule has 0 saturated carbocycles. The fourth-order valence-corrected chi connectivity index (χ4v) is 2.60. The van der Waals surface area contributed by atoms with Crippen LogP contribution < -0.4 is 10.1 Å². The van der Waals surface area contributed by atoms with Gasteiger partial charge in [-0.05, 0) is 37.1 Å². The van der Waals surface area contributed by atoms with Crippen LogP contribution in [0.25, 0.3) is 0 Å². The van der Waals surface area contributed by atoms with E-state index in [0.717, 1.165) is 24.5 Å². The first-order valence-electron chi connectivity index (χ1n) is 7.84. The van der Waals surface area contributed by atoms with E-state index in [1.807, 2.05) is 18.2 Å². The summed E-state index contributed by atoms with van der Waals surface area (Å²) in [6, 6.07) is 11.7. The second-order valence-corrected chi connectivity index (χ2v) is 5.52. The van der Waals surface area contributed by atoms with Gasteiger partial charge in [0.1, 0.15) is 11.6 Å². The highest BCUT2D eigenvalue weighted by atomic mass is 16.5. The van der Waals surface area contributed by atoms with Crippen LogP contribution in [0.2, 0.25) is 0 Å². The minimum Gasteiger partial charge on any atom is -0.493 e. The van der Waals surface area contributed by atoms with Crippen LogP contribution in [0, 0.1) is 5.92 Å². The second-order valence-electron chi connectivity index (χ2n) is 5.52. The number of para-hydroxylation sites is 1. The standard InChI is InChI=1S/C18H20N2O3/c1-2-22-18(21)15-7-8-17(20-11-15)19-10-13-9-14-5-3-4-6-16(14)23-12-13/h3-8,11,13H,2,9-10,12H2,1H3,(H,19,20). The Morgan fingerprint density at radius 1 is 1.35 bits per heavy atom. The summed E-state index contributed by atoms with van der Waals surface area (Å²) in [5.41, 5.74) is 1.71. The average molecular weight is 312 g/mol. The van der Waals surface area contributed by atoms with Crippen LogP contribution in [0.5, 0.6) is 5.75 Å². The van der Waals surface area contributed by atoms with Crippen LogP contribution in [0.15, 0.2) is 42.6 Å². The number of nitrogens with zero attached hydrogens (tertiary/aromatic N) is 1. The normalized spacial score (nSPS) is 16.1. The molecular weight excluding hydrogens is 292 g/mol. The number of pyridine rings is 1. The molecule has 120 valence electrons. The van der Waals surface area contributed by atoms with Crippen molar-refractivity contribution in [3.63, 3.8) is 0 Å². The van der Waals surface area contributed by atoms with Crippen LogP contribution in [0.1, 0.15) is 22.8 Å². The Morgan fingerprint density at radius 2 is 2.22 bits per heavy atom. The summed E-state index contributed by atoms with van der Waals surface area (Å²) in [4.78, 5) is 15.8. The van der Waals surface area contributed by atoms with Crippen LogP contribution in [0.3, 0.4) is 0 Å². The lowest BCUT2D eigenvalue weighted by atomic mass is 9.97. The number of carbonyl (C=O) groups is 1. The van der Waals surface area contributed by atoms with E-state index in [9.17, 15) is 4.79 Å². The molecule has 0 aliphatic carbocycles. The topological polar surface area (TPSA) is 60.5 Å². The van der Waals surface area contributed by atoms with Crippen molar-refractivity contribution in [3.05, 3.63) is 53.7 Å². The number of aromatic nitrogens is 1. The predicted octanol–water partition coefficient (Wildman–Crippen LogP) is 2.92. The second kappa shape index (κ2) is 7.13. The Balaban J connectivity index is 1.54. The highest BCUT2D eigenvalue weighted by molar-refractivity contribution is 5.89. The molecule has 5 heteroatoms. The fourth-order valence-electron chi connectivity index (χ4n) is 2.60. The molecule has 0 fully saturated rings. The summed E-state index contributed by atoms with van der Waals surface area (Å²) >= 11 is 0. The first kappa shape index (κ1) is 15.3. The van der Waals surface area contributed by atoms with Gasteiger partial charge in [0.05, 0.1) is 18.8 Å². The van der Waals surface area contributed by atoms with Gasteiger partial charge >= 0.3 is 5.97 Å². The summed E-state index contributed by atoms with van der Waals surface area (Å²) in [6.07, 6.45) is 2.52. The molecule has 1 N–H and O–H groups in total. The zero-order valence-corrected chi connectivity index (χ0v) is 13.1. The monoisotopic (exact) mass is 312 g/mol. The van der Waals surface area contributed by atoms with Crippen molar-refractivity contribution in [1.29, 1.82) is 0 Å². The lowest BCUT2D eigenvalue weighted by Gasteiger charge is -2.25. The average Bonchev–Trinajstić information content (AvgIpc) is 2.60. The largest absolute Gasteiger partial charge is 0.493 e. The smallest absolute Gasteiger partial charge is 0.339 e. The Kier molecular flexibility index (Phi) is 4.76. The number of nitrogens with one attached hydrogen (secondary N) is 1. The van der Waals surface area contributed by atoms with Gasteiger partial charge in [-0.2, -0.15) is 0 Å². The van der Waals surface area contributed by atoms with Crippen LogP contribution >= 0.6 is 0 Å². The molecule has 1 unspecified atom stereocenters. The predicted molar refractivity (Wildman–Crippen MR) is 87.8 cm³/mol. The maximum absolute atomic E-state index is 11.6. The van der Waals surface area contributed by atoms with E-state index in [-0.39, 0.29) is 5.97 Å². The molecule has 1 aliphatic rings. The summed E-state index contributed by atoms with van der Waals surface area (Å²) in [7, 11) is 0. The van der Waals surface area contributed by atoms with E-state index < -0.39 is 0 Å². The zero-order chi connectivity index (χ0) is 16.1. The first-order chi connectivity index (χ1) is 11.3. The molecule has 1 aromatic heterocycles. The third kappa shape index (κ3) is 3.80. The maximum atomic E-state index is 11.6. The molecule has 1 atom stereocenters. The SMILES string of the molecule is CCOC(=O)c1ccc(NCC2COc3ccccc3C2)nc1. The lowest BCUT2D eigenvalue weighted by Crippen LogP contribution is -2.27. The number of ether oxygens (including phenoxy) is 2. The molecule has 1 aromatic carbocycles. The van der Waals surface area contributed by atoms with Crippen molar-refractivity contribution in [1.82, 2.24) is 4.98 Å². The van der Waals surface area contributed by atoms with Gasteiger partial charge in [-0.1, -0.05) is 18.2 Å². The summed E-state index contributed by atoms with van der Waals surface area (Å²) in [6.45, 7) is 3.62. The summed E-state index contributed by atoms with van der Waals surface area (Å²) < 4.78 is 10.7. The third-order valence-electron chi connectivity index (χ3n) is 3.80. The number of fused-ring (bicyclic) bond motifs is 1. The van der Waals surface area contributed by atoms with Crippen molar-refractivity contribution in [2.45, 2.75) is 13.3 Å². The van der Waals surface area contributed by atoms with Crippen molar-refractivity contribution in [2.24, 2.45) is 5.92 Å². The van der Waals surface area contributed by atoms with Gasteiger partial charge in [0.15, 0.2) is 0 Å². The molecule has 23 heavy (non-hydrogen) atoms. The Hall–Kier alpha value is -2.56. The zero-order valence-electron chi connectivity index (χ0n) is 13.1. The molecule has 2 heterocycles. The van der Waals surface area contributed by atoms with Crippen molar-refractivity contribution in [2.75, 3.05) is 25.1 Å². The maximum Gasteiger partial charge on any atom is 0.339 e. The Bertz CT molecular complexity index is 670. The van der Waals surface area contributed by atoms with Gasteiger partial charge in [-0.25, -0.2) is 9.78 Å². The minimum absolute atomic E-state index is 0.344. The van der Waals surface area contributed by atoms with Crippen LogP contribution in [-0.4, -0.2) is 30.7 Å². The van der Waals surface area contributed by atoms with E-state index in [2.05, 4.69) is 16.4 Å². The van der Waals surface area contributed by atoms with E-state index in [0.29, 0.717) is 24.7 Å². The lowest BCUT2D eigenvalue weighted by molar-refractivity contribution is 0.0526. The van der Waals surface area contributed by atoms with Gasteiger partial charge < -0.3 is 14.8 Å². The van der Waals surface area contributed by atoms with Crippen molar-refractivity contribution < 1.29 is 14.3 Å². The Labute approximate surface area is 135 Å².